The Morgan fingerprint density at radius 2 is 2.38 bits per heavy atom. The van der Waals surface area contributed by atoms with Crippen molar-refractivity contribution < 1.29 is 0 Å². The summed E-state index contributed by atoms with van der Waals surface area (Å²) in [6.07, 6.45) is 3.57. The Morgan fingerprint density at radius 1 is 1.54 bits per heavy atom. The second-order valence-electron chi connectivity index (χ2n) is 2.77. The Kier molecular flexibility index (Phi) is 2.02. The summed E-state index contributed by atoms with van der Waals surface area (Å²) < 4.78 is 1.90. The average Bonchev–Trinajstić information content (AvgIpc) is 2.65. The molecule has 0 fully saturated rings. The minimum atomic E-state index is 0.549. The van der Waals surface area contributed by atoms with Crippen LogP contribution in [-0.4, -0.2) is 14.5 Å². The number of imidazole rings is 1. The second-order valence-corrected chi connectivity index (χ2v) is 3.71. The van der Waals surface area contributed by atoms with Crippen LogP contribution in [0.3, 0.4) is 0 Å². The number of rotatable bonds is 2. The number of thiazole rings is 1. The summed E-state index contributed by atoms with van der Waals surface area (Å²) >= 11 is 1.64. The zero-order valence-electron chi connectivity index (χ0n) is 7.27. The fourth-order valence-electron chi connectivity index (χ4n) is 1.11. The third-order valence-electron chi connectivity index (χ3n) is 1.91. The molecule has 4 nitrogen and oxygen atoms in total. The van der Waals surface area contributed by atoms with E-state index in [-0.39, 0.29) is 0 Å². The smallest absolute Gasteiger partial charge is 0.200 e. The van der Waals surface area contributed by atoms with Crippen LogP contribution in [0.4, 0.5) is 5.95 Å². The number of hydrogen-bond donors (Lipinski definition) is 1. The van der Waals surface area contributed by atoms with Crippen LogP contribution in [0.25, 0.3) is 0 Å². The molecule has 5 heteroatoms. The molecular weight excluding hydrogens is 184 g/mol. The van der Waals surface area contributed by atoms with Gasteiger partial charge in [0.15, 0.2) is 5.95 Å². The van der Waals surface area contributed by atoms with Gasteiger partial charge in [-0.15, -0.1) is 11.3 Å². The number of hydrogen-bond acceptors (Lipinski definition) is 4. The van der Waals surface area contributed by atoms with E-state index in [1.165, 1.54) is 4.88 Å². The van der Waals surface area contributed by atoms with Crippen molar-refractivity contribution in [2.45, 2.75) is 13.5 Å². The van der Waals surface area contributed by atoms with Crippen LogP contribution in [0, 0.1) is 6.92 Å². The largest absolute Gasteiger partial charge is 0.369 e. The minimum absolute atomic E-state index is 0.549. The molecule has 0 aliphatic heterocycles. The van der Waals surface area contributed by atoms with Crippen molar-refractivity contribution in [3.63, 3.8) is 0 Å². The van der Waals surface area contributed by atoms with Crippen molar-refractivity contribution in [2.24, 2.45) is 0 Å². The molecule has 13 heavy (non-hydrogen) atoms. The lowest BCUT2D eigenvalue weighted by atomic mass is 10.4. The van der Waals surface area contributed by atoms with Crippen molar-refractivity contribution in [3.8, 4) is 0 Å². The summed E-state index contributed by atoms with van der Waals surface area (Å²) in [5, 5.41) is 0. The van der Waals surface area contributed by atoms with Crippen molar-refractivity contribution >= 4 is 17.3 Å². The fraction of sp³-hybridized carbons (Fsp3) is 0.250. The molecule has 0 aromatic carbocycles. The monoisotopic (exact) mass is 194 g/mol. The summed E-state index contributed by atoms with van der Waals surface area (Å²) in [4.78, 5) is 9.35. The van der Waals surface area contributed by atoms with Crippen LogP contribution >= 0.6 is 11.3 Å². The quantitative estimate of drug-likeness (QED) is 0.783. The highest BCUT2D eigenvalue weighted by molar-refractivity contribution is 7.09. The molecule has 68 valence electrons. The number of nitrogen functional groups attached to an aromatic ring is 1. The zero-order valence-corrected chi connectivity index (χ0v) is 8.08. The maximum Gasteiger partial charge on any atom is 0.200 e. The highest BCUT2D eigenvalue weighted by Crippen LogP contribution is 2.14. The Balaban J connectivity index is 2.24. The number of anilines is 1. The van der Waals surface area contributed by atoms with Crippen LogP contribution in [0.15, 0.2) is 17.9 Å². The van der Waals surface area contributed by atoms with Crippen LogP contribution in [0.5, 0.6) is 0 Å². The predicted octanol–water partition coefficient (Wildman–Crippen LogP) is 1.28. The van der Waals surface area contributed by atoms with Crippen LogP contribution in [0.1, 0.15) is 10.6 Å². The first-order chi connectivity index (χ1) is 6.27. The lowest BCUT2D eigenvalue weighted by Crippen LogP contribution is -2.03. The molecular formula is C8H10N4S. The first kappa shape index (κ1) is 8.25. The molecule has 0 saturated heterocycles. The van der Waals surface area contributed by atoms with Crippen LogP contribution in [-0.2, 0) is 6.54 Å². The standard InChI is InChI=1S/C8H10N4S/c1-6-7(13-5-11-6)4-12-3-2-10-8(12)9/h2-3,5H,4H2,1H3,(H2,9,10). The second kappa shape index (κ2) is 3.18. The highest BCUT2D eigenvalue weighted by Gasteiger charge is 2.03. The van der Waals surface area contributed by atoms with E-state index in [2.05, 4.69) is 9.97 Å². The molecule has 0 aliphatic rings. The molecule has 0 aliphatic carbocycles. The Bertz CT molecular complexity index is 365. The van der Waals surface area contributed by atoms with Crippen molar-refractivity contribution in [2.75, 3.05) is 5.73 Å². The Hall–Kier alpha value is -1.36. The lowest BCUT2D eigenvalue weighted by molar-refractivity contribution is 0.816. The Morgan fingerprint density at radius 3 is 2.92 bits per heavy atom. The van der Waals surface area contributed by atoms with E-state index in [0.29, 0.717) is 5.95 Å². The summed E-state index contributed by atoms with van der Waals surface area (Å²) in [5.74, 6) is 0.549. The topological polar surface area (TPSA) is 56.7 Å². The van der Waals surface area contributed by atoms with E-state index in [1.807, 2.05) is 23.2 Å². The summed E-state index contributed by atoms with van der Waals surface area (Å²) in [7, 11) is 0. The van der Waals surface area contributed by atoms with Gasteiger partial charge in [-0.1, -0.05) is 0 Å². The molecule has 0 spiro atoms. The highest BCUT2D eigenvalue weighted by atomic mass is 32.1. The third-order valence-corrected chi connectivity index (χ3v) is 2.83. The molecule has 2 aromatic rings. The summed E-state index contributed by atoms with van der Waals surface area (Å²) in [6.45, 7) is 2.77. The maximum absolute atomic E-state index is 5.64. The maximum atomic E-state index is 5.64. The van der Waals surface area contributed by atoms with E-state index in [4.69, 9.17) is 5.73 Å². The first-order valence-electron chi connectivity index (χ1n) is 3.93. The molecule has 0 bridgehead atoms. The molecule has 0 atom stereocenters. The van der Waals surface area contributed by atoms with E-state index >= 15 is 0 Å². The lowest BCUT2D eigenvalue weighted by Gasteiger charge is -2.01. The Labute approximate surface area is 80.1 Å². The van der Waals surface area contributed by atoms with E-state index in [0.717, 1.165) is 12.2 Å². The number of nitrogens with zero attached hydrogens (tertiary/aromatic N) is 3. The van der Waals surface area contributed by atoms with Crippen LogP contribution < -0.4 is 5.73 Å². The van der Waals surface area contributed by atoms with Gasteiger partial charge in [0.2, 0.25) is 0 Å². The van der Waals surface area contributed by atoms with Gasteiger partial charge in [0.05, 0.1) is 17.7 Å². The SMILES string of the molecule is Cc1ncsc1Cn1ccnc1N. The number of nitrogens with two attached hydrogens (primary N) is 1. The molecule has 0 unspecified atom stereocenters. The van der Waals surface area contributed by atoms with Gasteiger partial charge >= 0.3 is 0 Å². The third kappa shape index (κ3) is 1.55. The van der Waals surface area contributed by atoms with E-state index in [9.17, 15) is 0 Å². The van der Waals surface area contributed by atoms with Gasteiger partial charge in [-0.3, -0.25) is 0 Å². The predicted molar refractivity (Wildman–Crippen MR) is 52.6 cm³/mol. The van der Waals surface area contributed by atoms with Crippen molar-refractivity contribution in [1.29, 1.82) is 0 Å². The van der Waals surface area contributed by atoms with Gasteiger partial charge in [0, 0.05) is 17.3 Å². The van der Waals surface area contributed by atoms with E-state index < -0.39 is 0 Å². The van der Waals surface area contributed by atoms with E-state index in [1.54, 1.807) is 17.5 Å². The van der Waals surface area contributed by atoms with Gasteiger partial charge in [-0.25, -0.2) is 9.97 Å². The molecule has 2 N–H and O–H groups in total. The normalized spacial score (nSPS) is 10.5. The first-order valence-corrected chi connectivity index (χ1v) is 4.81. The van der Waals surface area contributed by atoms with Gasteiger partial charge in [-0.05, 0) is 6.92 Å². The molecule has 2 heterocycles. The number of aryl methyl sites for hydroxylation is 1. The van der Waals surface area contributed by atoms with Crippen molar-refractivity contribution in [1.82, 2.24) is 14.5 Å². The molecule has 2 rings (SSSR count). The van der Waals surface area contributed by atoms with Gasteiger partial charge in [-0.2, -0.15) is 0 Å². The summed E-state index contributed by atoms with van der Waals surface area (Å²) in [6, 6.07) is 0. The van der Waals surface area contributed by atoms with Gasteiger partial charge in [0.1, 0.15) is 0 Å². The fourth-order valence-corrected chi connectivity index (χ4v) is 1.88. The molecule has 0 saturated carbocycles. The zero-order chi connectivity index (χ0) is 9.26. The molecule has 0 amide bonds. The van der Waals surface area contributed by atoms with Crippen LogP contribution in [0.2, 0.25) is 0 Å². The average molecular weight is 194 g/mol. The van der Waals surface area contributed by atoms with Gasteiger partial charge < -0.3 is 10.3 Å². The van der Waals surface area contributed by atoms with Gasteiger partial charge in [0.25, 0.3) is 0 Å². The van der Waals surface area contributed by atoms with Crippen molar-refractivity contribution in [3.05, 3.63) is 28.5 Å². The summed E-state index contributed by atoms with van der Waals surface area (Å²) in [5.41, 5.74) is 8.56. The number of aromatic nitrogens is 3. The minimum Gasteiger partial charge on any atom is -0.369 e. The molecule has 2 aromatic heterocycles. The molecule has 0 radical (unpaired) electrons.